The van der Waals surface area contributed by atoms with Gasteiger partial charge in [-0.3, -0.25) is 0 Å². The average molecular weight is 183 g/mol. The number of halogens is 1. The number of aryl methyl sites for hydroxylation is 1. The maximum atomic E-state index is 5.41. The Labute approximate surface area is 77.6 Å². The van der Waals surface area contributed by atoms with E-state index in [0.717, 1.165) is 11.3 Å². The van der Waals surface area contributed by atoms with Crippen LogP contribution in [0, 0.1) is 6.92 Å². The molecule has 0 radical (unpaired) electrons. The van der Waals surface area contributed by atoms with Gasteiger partial charge in [-0.25, -0.2) is 0 Å². The molecule has 0 heterocycles. The molecule has 64 valence electrons. The fourth-order valence-electron chi connectivity index (χ4n) is 0.893. The largest absolute Gasteiger partial charge is 0.489 e. The van der Waals surface area contributed by atoms with Crippen LogP contribution >= 0.6 is 11.6 Å². The first kappa shape index (κ1) is 9.14. The lowest BCUT2D eigenvalue weighted by Crippen LogP contribution is -1.94. The first-order valence-electron chi connectivity index (χ1n) is 3.78. The van der Waals surface area contributed by atoms with Crippen LogP contribution in [0.15, 0.2) is 35.9 Å². The average Bonchev–Trinajstić information content (AvgIpc) is 2.09. The van der Waals surface area contributed by atoms with E-state index in [-0.39, 0.29) is 0 Å². The van der Waals surface area contributed by atoms with E-state index in [1.807, 2.05) is 31.2 Å². The Morgan fingerprint density at radius 3 is 2.83 bits per heavy atom. The molecular formula is C10H11ClO. The Hall–Kier alpha value is -0.950. The van der Waals surface area contributed by atoms with E-state index in [1.54, 1.807) is 6.08 Å². The quantitative estimate of drug-likeness (QED) is 0.698. The van der Waals surface area contributed by atoms with Crippen LogP contribution < -0.4 is 4.74 Å². The molecule has 2 heteroatoms. The molecule has 0 saturated heterocycles. The van der Waals surface area contributed by atoms with Gasteiger partial charge in [0.1, 0.15) is 12.4 Å². The molecule has 0 unspecified atom stereocenters. The molecule has 0 amide bonds. The number of benzene rings is 1. The molecule has 0 aliphatic carbocycles. The Bertz CT molecular complexity index is 268. The Morgan fingerprint density at radius 1 is 1.42 bits per heavy atom. The van der Waals surface area contributed by atoms with Gasteiger partial charge >= 0.3 is 0 Å². The van der Waals surface area contributed by atoms with Gasteiger partial charge in [-0.05, 0) is 24.6 Å². The first-order valence-corrected chi connectivity index (χ1v) is 4.22. The first-order chi connectivity index (χ1) is 5.84. The molecule has 0 spiro atoms. The second kappa shape index (κ2) is 4.83. The van der Waals surface area contributed by atoms with Crippen molar-refractivity contribution in [2.75, 3.05) is 6.61 Å². The maximum absolute atomic E-state index is 5.41. The summed E-state index contributed by atoms with van der Waals surface area (Å²) in [6.07, 6.45) is 1.76. The summed E-state index contributed by atoms with van der Waals surface area (Å²) in [6, 6.07) is 7.89. The molecule has 0 atom stereocenters. The summed E-state index contributed by atoms with van der Waals surface area (Å²) < 4.78 is 5.41. The summed E-state index contributed by atoms with van der Waals surface area (Å²) >= 11 is 5.35. The van der Waals surface area contributed by atoms with Crippen molar-refractivity contribution in [3.05, 3.63) is 41.4 Å². The second-order valence-electron chi connectivity index (χ2n) is 2.44. The molecule has 0 aromatic heterocycles. The van der Waals surface area contributed by atoms with E-state index >= 15 is 0 Å². The SMILES string of the molecule is Cc1ccccc1OC/C=C/Cl. The molecule has 0 fully saturated rings. The van der Waals surface area contributed by atoms with Gasteiger partial charge in [0, 0.05) is 5.54 Å². The smallest absolute Gasteiger partial charge is 0.122 e. The number of para-hydroxylation sites is 1. The minimum absolute atomic E-state index is 0.522. The highest BCUT2D eigenvalue weighted by Crippen LogP contribution is 2.15. The van der Waals surface area contributed by atoms with Gasteiger partial charge in [0.2, 0.25) is 0 Å². The number of hydrogen-bond donors (Lipinski definition) is 0. The highest BCUT2D eigenvalue weighted by Gasteiger charge is 1.94. The zero-order valence-corrected chi connectivity index (χ0v) is 7.71. The minimum Gasteiger partial charge on any atom is -0.489 e. The Balaban J connectivity index is 2.57. The molecule has 1 nitrogen and oxygen atoms in total. The molecule has 12 heavy (non-hydrogen) atoms. The predicted octanol–water partition coefficient (Wildman–Crippen LogP) is 3.13. The third kappa shape index (κ3) is 2.59. The summed E-state index contributed by atoms with van der Waals surface area (Å²) in [4.78, 5) is 0. The Kier molecular flexibility index (Phi) is 3.68. The fourth-order valence-corrected chi connectivity index (χ4v) is 0.965. The predicted molar refractivity (Wildman–Crippen MR) is 51.7 cm³/mol. The van der Waals surface area contributed by atoms with Crippen LogP contribution in [0.4, 0.5) is 0 Å². The lowest BCUT2D eigenvalue weighted by atomic mass is 10.2. The standard InChI is InChI=1S/C10H11ClO/c1-9-5-2-3-6-10(9)12-8-4-7-11/h2-7H,8H2,1H3/b7-4+. The van der Waals surface area contributed by atoms with Crippen molar-refractivity contribution in [3.8, 4) is 5.75 Å². The van der Waals surface area contributed by atoms with E-state index in [9.17, 15) is 0 Å². The summed E-state index contributed by atoms with van der Waals surface area (Å²) in [5.74, 6) is 0.910. The monoisotopic (exact) mass is 182 g/mol. The van der Waals surface area contributed by atoms with Crippen molar-refractivity contribution < 1.29 is 4.74 Å². The fraction of sp³-hybridized carbons (Fsp3) is 0.200. The zero-order valence-electron chi connectivity index (χ0n) is 6.96. The summed E-state index contributed by atoms with van der Waals surface area (Å²) in [5, 5.41) is 0. The summed E-state index contributed by atoms with van der Waals surface area (Å²) in [7, 11) is 0. The highest BCUT2D eigenvalue weighted by molar-refractivity contribution is 6.25. The third-order valence-electron chi connectivity index (χ3n) is 1.52. The van der Waals surface area contributed by atoms with E-state index in [4.69, 9.17) is 16.3 Å². The molecule has 0 aliphatic heterocycles. The van der Waals surface area contributed by atoms with Crippen molar-refractivity contribution in [2.24, 2.45) is 0 Å². The molecule has 0 aliphatic rings. The van der Waals surface area contributed by atoms with Crippen LogP contribution in [0.5, 0.6) is 5.75 Å². The van der Waals surface area contributed by atoms with Gasteiger partial charge in [0.15, 0.2) is 0 Å². The van der Waals surface area contributed by atoms with E-state index in [1.165, 1.54) is 5.54 Å². The third-order valence-corrected chi connectivity index (χ3v) is 1.70. The molecule has 1 aromatic rings. The van der Waals surface area contributed by atoms with Crippen LogP contribution in [0.25, 0.3) is 0 Å². The van der Waals surface area contributed by atoms with Gasteiger partial charge < -0.3 is 4.74 Å². The number of hydrogen-bond acceptors (Lipinski definition) is 1. The normalized spacial score (nSPS) is 10.5. The molecular weight excluding hydrogens is 172 g/mol. The molecule has 0 N–H and O–H groups in total. The summed E-state index contributed by atoms with van der Waals surface area (Å²) in [5.41, 5.74) is 2.60. The van der Waals surface area contributed by atoms with Crippen LogP contribution in [0.2, 0.25) is 0 Å². The van der Waals surface area contributed by atoms with Crippen LogP contribution in [-0.2, 0) is 0 Å². The topological polar surface area (TPSA) is 9.23 Å². The lowest BCUT2D eigenvalue weighted by molar-refractivity contribution is 0.360. The molecule has 0 saturated carbocycles. The van der Waals surface area contributed by atoms with Crippen molar-refractivity contribution >= 4 is 11.6 Å². The zero-order chi connectivity index (χ0) is 8.81. The minimum atomic E-state index is 0.522. The lowest BCUT2D eigenvalue weighted by Gasteiger charge is -2.05. The maximum Gasteiger partial charge on any atom is 0.122 e. The van der Waals surface area contributed by atoms with E-state index < -0.39 is 0 Å². The van der Waals surface area contributed by atoms with Gasteiger partial charge in [0.05, 0.1) is 0 Å². The molecule has 1 rings (SSSR count). The van der Waals surface area contributed by atoms with Crippen molar-refractivity contribution in [2.45, 2.75) is 6.92 Å². The molecule has 0 bridgehead atoms. The second-order valence-corrected chi connectivity index (χ2v) is 2.69. The number of ether oxygens (including phenoxy) is 1. The van der Waals surface area contributed by atoms with Crippen LogP contribution in [0.3, 0.4) is 0 Å². The van der Waals surface area contributed by atoms with Crippen molar-refractivity contribution in [1.82, 2.24) is 0 Å². The van der Waals surface area contributed by atoms with Crippen LogP contribution in [0.1, 0.15) is 5.56 Å². The van der Waals surface area contributed by atoms with Gasteiger partial charge in [0.25, 0.3) is 0 Å². The summed E-state index contributed by atoms with van der Waals surface area (Å²) in [6.45, 7) is 2.54. The number of rotatable bonds is 3. The van der Waals surface area contributed by atoms with E-state index in [2.05, 4.69) is 0 Å². The van der Waals surface area contributed by atoms with Gasteiger partial charge in [-0.1, -0.05) is 29.8 Å². The van der Waals surface area contributed by atoms with Crippen molar-refractivity contribution in [1.29, 1.82) is 0 Å². The van der Waals surface area contributed by atoms with Crippen molar-refractivity contribution in [3.63, 3.8) is 0 Å². The van der Waals surface area contributed by atoms with Gasteiger partial charge in [-0.15, -0.1) is 0 Å². The van der Waals surface area contributed by atoms with Gasteiger partial charge in [-0.2, -0.15) is 0 Å². The Morgan fingerprint density at radius 2 is 2.17 bits per heavy atom. The van der Waals surface area contributed by atoms with Crippen LogP contribution in [-0.4, -0.2) is 6.61 Å². The highest BCUT2D eigenvalue weighted by atomic mass is 35.5. The van der Waals surface area contributed by atoms with E-state index in [0.29, 0.717) is 6.61 Å². The molecule has 1 aromatic carbocycles.